The second-order valence-corrected chi connectivity index (χ2v) is 12.3. The Bertz CT molecular complexity index is 96.7. The van der Waals surface area contributed by atoms with Crippen LogP contribution in [0.25, 0.3) is 0 Å². The molecule has 0 radical (unpaired) electrons. The fourth-order valence-corrected chi connectivity index (χ4v) is 0. The number of rotatable bonds is 0. The van der Waals surface area contributed by atoms with Gasteiger partial charge in [-0.25, -0.2) is 0 Å². The smallest absolute Gasteiger partial charge is 0.794 e. The van der Waals surface area contributed by atoms with Crippen molar-refractivity contribution in [1.82, 2.24) is 0 Å². The summed E-state index contributed by atoms with van der Waals surface area (Å²) < 4.78 is 26.9. The second-order valence-electron chi connectivity index (χ2n) is 0.695. The largest absolute Gasteiger partial charge is 1.00 e. The van der Waals surface area contributed by atoms with E-state index in [2.05, 4.69) is 48.6 Å². The maximum atomic E-state index is 9.67. The molecule has 12 heavy (non-hydrogen) atoms. The minimum atomic E-state index is -3.67. The minimum Gasteiger partial charge on any atom is -0.794 e. The van der Waals surface area contributed by atoms with Crippen LogP contribution in [0.2, 0.25) is 0 Å². The fraction of sp³-hybridized carbons (Fsp3) is 0. The minimum absolute atomic E-state index is 0. The maximum absolute atomic E-state index is 9.67. The molecule has 56 valence electrons. The van der Waals surface area contributed by atoms with E-state index in [1.54, 1.807) is 0 Å². The summed E-state index contributed by atoms with van der Waals surface area (Å²) in [5.41, 5.74) is 0. The van der Waals surface area contributed by atoms with E-state index in [9.17, 15) is 12.9 Å². The van der Waals surface area contributed by atoms with Crippen LogP contribution in [0.1, 0.15) is 0 Å². The monoisotopic (exact) mass is 248 g/mol. The van der Waals surface area contributed by atoms with Gasteiger partial charge in [-0.3, -0.25) is 12.9 Å². The van der Waals surface area contributed by atoms with E-state index in [1.165, 1.54) is 0 Å². The molecule has 0 spiro atoms. The fourth-order valence-electron chi connectivity index (χ4n) is 0. The van der Waals surface area contributed by atoms with Crippen molar-refractivity contribution in [3.63, 3.8) is 0 Å². The Labute approximate surface area is 128 Å². The third-order valence-electron chi connectivity index (χ3n) is 0. The summed E-state index contributed by atoms with van der Waals surface area (Å²) in [6, 6.07) is 0. The molecule has 0 amide bonds. The molecule has 0 saturated carbocycles. The van der Waals surface area contributed by atoms with Crippen LogP contribution in [0.4, 0.5) is 12.9 Å². The van der Waals surface area contributed by atoms with Crippen molar-refractivity contribution in [2.75, 3.05) is 0 Å². The van der Waals surface area contributed by atoms with Gasteiger partial charge in [0, 0.05) is 0 Å². The van der Waals surface area contributed by atoms with Gasteiger partial charge in [-0.1, -0.05) is 0 Å². The molecule has 0 aliphatic rings. The van der Waals surface area contributed by atoms with Crippen molar-refractivity contribution < 1.29 is 69.5 Å². The van der Waals surface area contributed by atoms with Crippen molar-refractivity contribution in [2.45, 2.75) is 0 Å². The summed E-state index contributed by atoms with van der Waals surface area (Å²) in [6.45, 7) is 0. The first-order valence-electron chi connectivity index (χ1n) is 1.38. The van der Waals surface area contributed by atoms with Crippen molar-refractivity contribution >= 4 is 59.7 Å². The van der Waals surface area contributed by atoms with Crippen LogP contribution in [0.3, 0.4) is 0 Å². The van der Waals surface area contributed by atoms with E-state index in [-0.39, 0.29) is 56.6 Å². The van der Waals surface area contributed by atoms with Crippen LogP contribution in [-0.2, 0) is 48.6 Å². The number of hydrogen-bond donors (Lipinski definition) is 0. The van der Waals surface area contributed by atoms with Gasteiger partial charge in [0.25, 0.3) is 0 Å². The van der Waals surface area contributed by atoms with Crippen molar-refractivity contribution in [3.05, 3.63) is 0 Å². The molecule has 0 aliphatic heterocycles. The first kappa shape index (κ1) is 29.5. The van der Waals surface area contributed by atoms with Crippen LogP contribution >= 0.6 is 3.64 Å². The molecule has 0 atom stereocenters. The van der Waals surface area contributed by atoms with Gasteiger partial charge in [0.2, 0.25) is 0 Å². The van der Waals surface area contributed by atoms with Gasteiger partial charge in [0.1, 0.15) is 0 Å². The van der Waals surface area contributed by atoms with E-state index >= 15 is 0 Å². The maximum Gasteiger partial charge on any atom is 1.00 e. The zero-order valence-electron chi connectivity index (χ0n) is 6.79. The van der Waals surface area contributed by atoms with Crippen LogP contribution in [-0.4, -0.2) is 7.54 Å². The van der Waals surface area contributed by atoms with Crippen molar-refractivity contribution in [1.29, 1.82) is 0 Å². The second kappa shape index (κ2) is 16.8. The van der Waals surface area contributed by atoms with Crippen LogP contribution in [0, 0.1) is 0 Å². The third-order valence-corrected chi connectivity index (χ3v) is 0. The van der Waals surface area contributed by atoms with Crippen LogP contribution < -0.4 is 56.6 Å². The molecule has 0 aliphatic carbocycles. The zero-order chi connectivity index (χ0) is 8.08. The van der Waals surface area contributed by atoms with E-state index in [0.717, 1.165) is 0 Å². The molecule has 0 saturated heterocycles. The van der Waals surface area contributed by atoms with Gasteiger partial charge in [-0.15, -0.1) is 0 Å². The SMILES string of the molecule is FB(F)F.S=P([S-])([S-])[S-].[Li+].[Li+].[Li+]. The molecule has 0 heterocycles. The van der Waals surface area contributed by atoms with Gasteiger partial charge in [-0.2, -0.15) is 11.8 Å². The van der Waals surface area contributed by atoms with E-state index in [0.29, 0.717) is 0 Å². The molecule has 0 aromatic carbocycles. The predicted molar refractivity (Wildman–Crippen MR) is 45.5 cm³/mol. The Kier molecular flexibility index (Phi) is 41.2. The van der Waals surface area contributed by atoms with Gasteiger partial charge in [-0.05, 0) is 0 Å². The molecule has 0 unspecified atom stereocenters. The summed E-state index contributed by atoms with van der Waals surface area (Å²) in [7, 11) is -3.67. The Morgan fingerprint density at radius 1 is 0.917 bits per heavy atom. The van der Waals surface area contributed by atoms with Gasteiger partial charge >= 0.3 is 64.1 Å². The molecule has 0 aromatic rings. The Morgan fingerprint density at radius 2 is 0.917 bits per heavy atom. The van der Waals surface area contributed by atoms with Gasteiger partial charge in [0.15, 0.2) is 0 Å². The first-order chi connectivity index (χ1) is 3.73. The summed E-state index contributed by atoms with van der Waals surface area (Å²) in [4.78, 5) is 0. The molecule has 0 fully saturated rings. The van der Waals surface area contributed by atoms with Crippen LogP contribution in [0.5, 0.6) is 0 Å². The summed E-state index contributed by atoms with van der Waals surface area (Å²) >= 11 is 17.5. The molecule has 0 nitrogen and oxygen atoms in total. The topological polar surface area (TPSA) is 0 Å². The molecule has 0 bridgehead atoms. The first-order valence-corrected chi connectivity index (χ1v) is 7.23. The van der Waals surface area contributed by atoms with E-state index in [1.807, 2.05) is 0 Å². The van der Waals surface area contributed by atoms with E-state index in [4.69, 9.17) is 0 Å². The molecule has 0 aromatic heterocycles. The summed E-state index contributed by atoms with van der Waals surface area (Å²) in [5, 5.41) is 0. The van der Waals surface area contributed by atoms with Crippen molar-refractivity contribution in [2.24, 2.45) is 0 Å². The van der Waals surface area contributed by atoms with Gasteiger partial charge in [0.05, 0.1) is 0 Å². The van der Waals surface area contributed by atoms with Gasteiger partial charge < -0.3 is 40.4 Å². The third kappa shape index (κ3) is 182. The normalized spacial score (nSPS) is 7.17. The molecule has 0 rings (SSSR count). The Hall–Kier alpha value is 3.35. The van der Waals surface area contributed by atoms with Crippen LogP contribution in [0.15, 0.2) is 0 Å². The number of halogens is 3. The standard InChI is InChI=1S/BF3.3Li.H3PS4/c2-1(3)4;;;;2-1(3,4)5/h;;;;(H3,2,3,4,5)/q;3*+1;/p-3. The molecular formula is BF3Li3PS4. The molecule has 0 N–H and O–H groups in total. The molecule has 12 heteroatoms. The average Bonchev–Trinajstić information content (AvgIpc) is 1.19. The van der Waals surface area contributed by atoms with E-state index < -0.39 is 11.2 Å². The number of hydrogen-bond acceptors (Lipinski definition) is 4. The summed E-state index contributed by atoms with van der Waals surface area (Å²) in [5.74, 6) is 0. The summed E-state index contributed by atoms with van der Waals surface area (Å²) in [6.07, 6.45) is 0. The average molecular weight is 248 g/mol. The zero-order valence-corrected chi connectivity index (χ0v) is 11.0. The van der Waals surface area contributed by atoms with Crippen molar-refractivity contribution in [3.8, 4) is 0 Å². The molecular weight excluding hydrogens is 248 g/mol. The predicted octanol–water partition coefficient (Wildman–Crippen LogP) is -7.26. The Morgan fingerprint density at radius 3 is 0.917 bits per heavy atom. The quantitative estimate of drug-likeness (QED) is 0.237. The Balaban J connectivity index is -0.0000000221.